The third-order valence-electron chi connectivity index (χ3n) is 5.57. The van der Waals surface area contributed by atoms with Gasteiger partial charge in [-0.15, -0.1) is 0 Å². The number of nitrogens with one attached hydrogen (secondary N) is 1. The number of carbonyl (C=O) groups excluding carboxylic acids is 1. The number of imidazole rings is 1. The molecule has 3 aromatic rings. The van der Waals surface area contributed by atoms with Crippen molar-refractivity contribution in [2.75, 3.05) is 31.2 Å². The van der Waals surface area contributed by atoms with E-state index in [0.717, 1.165) is 55.1 Å². The third-order valence-corrected chi connectivity index (χ3v) is 5.57. The Bertz CT molecular complexity index is 1080. The summed E-state index contributed by atoms with van der Waals surface area (Å²) < 4.78 is 8.85. The molecule has 0 atom stereocenters. The molecule has 1 aliphatic heterocycles. The van der Waals surface area contributed by atoms with Crippen LogP contribution in [0.15, 0.2) is 47.4 Å². The van der Waals surface area contributed by atoms with Crippen molar-refractivity contribution in [2.24, 2.45) is 0 Å². The van der Waals surface area contributed by atoms with E-state index in [9.17, 15) is 9.59 Å². The normalized spacial score (nSPS) is 14.2. The average Bonchev–Trinajstić information content (AvgIpc) is 3.08. The van der Waals surface area contributed by atoms with E-state index in [2.05, 4.69) is 15.2 Å². The van der Waals surface area contributed by atoms with Crippen molar-refractivity contribution in [1.82, 2.24) is 19.4 Å². The van der Waals surface area contributed by atoms with Gasteiger partial charge in [0.15, 0.2) is 0 Å². The predicted octanol–water partition coefficient (Wildman–Crippen LogP) is 2.15. The van der Waals surface area contributed by atoms with Crippen molar-refractivity contribution in [1.29, 1.82) is 0 Å². The van der Waals surface area contributed by atoms with Gasteiger partial charge in [0.1, 0.15) is 5.82 Å². The van der Waals surface area contributed by atoms with E-state index >= 15 is 0 Å². The highest BCUT2D eigenvalue weighted by Crippen LogP contribution is 2.14. The summed E-state index contributed by atoms with van der Waals surface area (Å²) in [5.74, 6) is 0.845. The molecule has 1 aromatic carbocycles. The predicted molar refractivity (Wildman–Crippen MR) is 120 cm³/mol. The molecular weight excluding hydrogens is 394 g/mol. The van der Waals surface area contributed by atoms with E-state index in [1.807, 2.05) is 43.3 Å². The van der Waals surface area contributed by atoms with Crippen molar-refractivity contribution in [3.63, 3.8) is 0 Å². The molecule has 164 valence electrons. The summed E-state index contributed by atoms with van der Waals surface area (Å²) in [6, 6.07) is 11.7. The SMILES string of the molecule is CCCn1c(=O)n(CCC(=O)NCc2ccc(N3CCOCC3)nc2)c2ccccc21. The number of carbonyl (C=O) groups is 1. The second-order valence-electron chi connectivity index (χ2n) is 7.73. The number of benzene rings is 1. The number of fused-ring (bicyclic) bond motifs is 1. The number of pyridine rings is 1. The summed E-state index contributed by atoms with van der Waals surface area (Å²) >= 11 is 0. The Kier molecular flexibility index (Phi) is 6.66. The minimum Gasteiger partial charge on any atom is -0.378 e. The first kappa shape index (κ1) is 21.1. The van der Waals surface area contributed by atoms with E-state index in [-0.39, 0.29) is 18.0 Å². The van der Waals surface area contributed by atoms with Gasteiger partial charge in [-0.2, -0.15) is 0 Å². The molecule has 0 saturated carbocycles. The van der Waals surface area contributed by atoms with E-state index in [0.29, 0.717) is 19.6 Å². The Hall–Kier alpha value is -3.13. The fraction of sp³-hybridized carbons (Fsp3) is 0.435. The molecule has 31 heavy (non-hydrogen) atoms. The number of nitrogens with zero attached hydrogens (tertiary/aromatic N) is 4. The van der Waals surface area contributed by atoms with Gasteiger partial charge in [0.05, 0.1) is 24.2 Å². The Morgan fingerprint density at radius 2 is 1.77 bits per heavy atom. The molecule has 4 rings (SSSR count). The third kappa shape index (κ3) is 4.80. The lowest BCUT2D eigenvalue weighted by atomic mass is 10.2. The van der Waals surface area contributed by atoms with Gasteiger partial charge in [0, 0.05) is 45.3 Å². The van der Waals surface area contributed by atoms with Crippen LogP contribution in [0.1, 0.15) is 25.3 Å². The molecule has 3 heterocycles. The van der Waals surface area contributed by atoms with Crippen molar-refractivity contribution in [3.05, 3.63) is 58.6 Å². The first-order chi connectivity index (χ1) is 15.2. The van der Waals surface area contributed by atoms with Gasteiger partial charge >= 0.3 is 5.69 Å². The second kappa shape index (κ2) is 9.78. The van der Waals surface area contributed by atoms with Gasteiger partial charge < -0.3 is 15.0 Å². The molecule has 1 amide bonds. The Morgan fingerprint density at radius 3 is 2.42 bits per heavy atom. The molecule has 8 nitrogen and oxygen atoms in total. The minimum atomic E-state index is -0.0866. The van der Waals surface area contributed by atoms with Crippen LogP contribution in [-0.4, -0.2) is 46.3 Å². The molecule has 1 fully saturated rings. The minimum absolute atomic E-state index is 0.0567. The lowest BCUT2D eigenvalue weighted by molar-refractivity contribution is -0.121. The van der Waals surface area contributed by atoms with E-state index in [1.54, 1.807) is 15.3 Å². The molecule has 8 heteroatoms. The molecule has 0 radical (unpaired) electrons. The maximum absolute atomic E-state index is 12.8. The van der Waals surface area contributed by atoms with Crippen LogP contribution in [0.4, 0.5) is 5.82 Å². The zero-order valence-electron chi connectivity index (χ0n) is 17.9. The van der Waals surface area contributed by atoms with Crippen LogP contribution >= 0.6 is 0 Å². The number of rotatable bonds is 8. The highest BCUT2D eigenvalue weighted by atomic mass is 16.5. The zero-order chi connectivity index (χ0) is 21.6. The molecule has 0 unspecified atom stereocenters. The lowest BCUT2D eigenvalue weighted by Gasteiger charge is -2.27. The molecule has 1 N–H and O–H groups in total. The molecular formula is C23H29N5O3. The number of hydrogen-bond acceptors (Lipinski definition) is 5. The number of hydrogen-bond donors (Lipinski definition) is 1. The summed E-state index contributed by atoms with van der Waals surface area (Å²) in [5.41, 5.74) is 2.68. The van der Waals surface area contributed by atoms with Gasteiger partial charge in [0.25, 0.3) is 0 Å². The number of aryl methyl sites for hydroxylation is 2. The molecule has 0 bridgehead atoms. The van der Waals surface area contributed by atoms with Crippen LogP contribution in [0, 0.1) is 0 Å². The summed E-state index contributed by atoms with van der Waals surface area (Å²) in [6.07, 6.45) is 2.93. The number of ether oxygens (including phenoxy) is 1. The smallest absolute Gasteiger partial charge is 0.329 e. The Balaban J connectivity index is 1.34. The van der Waals surface area contributed by atoms with Crippen molar-refractivity contribution >= 4 is 22.8 Å². The second-order valence-corrected chi connectivity index (χ2v) is 7.73. The summed E-state index contributed by atoms with van der Waals surface area (Å²) in [6.45, 7) is 6.63. The first-order valence-electron chi connectivity index (χ1n) is 10.9. The van der Waals surface area contributed by atoms with E-state index in [1.165, 1.54) is 0 Å². The van der Waals surface area contributed by atoms with Gasteiger partial charge in [-0.05, 0) is 30.2 Å². The van der Waals surface area contributed by atoms with Gasteiger partial charge in [-0.3, -0.25) is 13.9 Å². The number of morpholine rings is 1. The van der Waals surface area contributed by atoms with E-state index < -0.39 is 0 Å². The number of para-hydroxylation sites is 2. The highest BCUT2D eigenvalue weighted by Gasteiger charge is 2.14. The molecule has 0 aliphatic carbocycles. The van der Waals surface area contributed by atoms with Crippen molar-refractivity contribution in [3.8, 4) is 0 Å². The van der Waals surface area contributed by atoms with Crippen LogP contribution in [0.25, 0.3) is 11.0 Å². The maximum Gasteiger partial charge on any atom is 0.329 e. The summed E-state index contributed by atoms with van der Waals surface area (Å²) in [5, 5.41) is 2.93. The van der Waals surface area contributed by atoms with Gasteiger partial charge in [0.2, 0.25) is 5.91 Å². The largest absolute Gasteiger partial charge is 0.378 e. The van der Waals surface area contributed by atoms with Gasteiger partial charge in [-0.1, -0.05) is 25.1 Å². The van der Waals surface area contributed by atoms with E-state index in [4.69, 9.17) is 4.74 Å². The quantitative estimate of drug-likeness (QED) is 0.600. The monoisotopic (exact) mass is 423 g/mol. The fourth-order valence-electron chi connectivity index (χ4n) is 3.93. The molecule has 1 aliphatic rings. The highest BCUT2D eigenvalue weighted by molar-refractivity contribution is 5.78. The lowest BCUT2D eigenvalue weighted by Crippen LogP contribution is -2.36. The molecule has 0 spiro atoms. The maximum atomic E-state index is 12.8. The van der Waals surface area contributed by atoms with Crippen LogP contribution < -0.4 is 15.9 Å². The topological polar surface area (TPSA) is 81.4 Å². The van der Waals surface area contributed by atoms with Crippen LogP contribution in [0.3, 0.4) is 0 Å². The number of aromatic nitrogens is 3. The molecule has 1 saturated heterocycles. The van der Waals surface area contributed by atoms with Crippen molar-refractivity contribution in [2.45, 2.75) is 39.4 Å². The van der Waals surface area contributed by atoms with Crippen molar-refractivity contribution < 1.29 is 9.53 Å². The Morgan fingerprint density at radius 1 is 1.06 bits per heavy atom. The molecule has 2 aromatic heterocycles. The van der Waals surface area contributed by atoms with Crippen LogP contribution in [0.2, 0.25) is 0 Å². The number of anilines is 1. The fourth-order valence-corrected chi connectivity index (χ4v) is 3.93. The van der Waals surface area contributed by atoms with Crippen LogP contribution in [0.5, 0.6) is 0 Å². The van der Waals surface area contributed by atoms with Crippen LogP contribution in [-0.2, 0) is 29.2 Å². The zero-order valence-corrected chi connectivity index (χ0v) is 17.9. The summed E-state index contributed by atoms with van der Waals surface area (Å²) in [4.78, 5) is 31.9. The first-order valence-corrected chi connectivity index (χ1v) is 10.9. The average molecular weight is 424 g/mol. The standard InChI is InChI=1S/C23H29N5O3/c1-2-10-27-19-5-3-4-6-20(19)28(23(27)30)11-9-22(29)25-17-18-7-8-21(24-16-18)26-12-14-31-15-13-26/h3-8,16H,2,9-15,17H2,1H3,(H,25,29). The van der Waals surface area contributed by atoms with Gasteiger partial charge in [-0.25, -0.2) is 9.78 Å². The Labute approximate surface area is 181 Å². The summed E-state index contributed by atoms with van der Waals surface area (Å²) in [7, 11) is 0. The number of amides is 1.